The quantitative estimate of drug-likeness (QED) is 0.845. The van der Waals surface area contributed by atoms with Gasteiger partial charge in [-0.05, 0) is 29.8 Å². The molecule has 0 saturated heterocycles. The van der Waals surface area contributed by atoms with Gasteiger partial charge in [-0.15, -0.1) is 0 Å². The van der Waals surface area contributed by atoms with Gasteiger partial charge in [0.2, 0.25) is 0 Å². The molecule has 1 N–H and O–H groups in total. The summed E-state index contributed by atoms with van der Waals surface area (Å²) >= 11 is 3.30. The van der Waals surface area contributed by atoms with Crippen LogP contribution in [-0.2, 0) is 5.33 Å². The van der Waals surface area contributed by atoms with E-state index in [2.05, 4.69) is 21.2 Å². The van der Waals surface area contributed by atoms with Crippen LogP contribution in [-0.4, -0.2) is 5.91 Å². The van der Waals surface area contributed by atoms with E-state index in [0.29, 0.717) is 11.0 Å². The number of anilines is 1. The van der Waals surface area contributed by atoms with Crippen molar-refractivity contribution < 1.29 is 13.6 Å². The number of nitrogens with one attached hydrogen (secondary N) is 1. The molecule has 0 spiro atoms. The van der Waals surface area contributed by atoms with Crippen molar-refractivity contribution in [3.63, 3.8) is 0 Å². The van der Waals surface area contributed by atoms with E-state index >= 15 is 0 Å². The van der Waals surface area contributed by atoms with Gasteiger partial charge < -0.3 is 5.32 Å². The molecule has 0 aromatic heterocycles. The van der Waals surface area contributed by atoms with Gasteiger partial charge in [-0.1, -0.05) is 34.1 Å². The summed E-state index contributed by atoms with van der Waals surface area (Å²) in [5, 5.41) is 3.12. The first-order valence-electron chi connectivity index (χ1n) is 5.52. The standard InChI is InChI=1S/C14H10BrF2NO/c15-8-9-3-1-2-4-13(9)18-14(19)11-7-10(16)5-6-12(11)17/h1-7H,8H2,(H,18,19). The van der Waals surface area contributed by atoms with Gasteiger partial charge >= 0.3 is 0 Å². The molecule has 2 nitrogen and oxygen atoms in total. The van der Waals surface area contributed by atoms with Gasteiger partial charge in [-0.3, -0.25) is 4.79 Å². The first-order valence-corrected chi connectivity index (χ1v) is 6.64. The third-order valence-corrected chi connectivity index (χ3v) is 3.19. The minimum Gasteiger partial charge on any atom is -0.322 e. The Kier molecular flexibility index (Phi) is 4.27. The number of amides is 1. The van der Waals surface area contributed by atoms with Crippen molar-refractivity contribution >= 4 is 27.5 Å². The van der Waals surface area contributed by atoms with Gasteiger partial charge in [0.25, 0.3) is 5.91 Å². The third-order valence-electron chi connectivity index (χ3n) is 2.58. The number of benzene rings is 2. The molecule has 2 aromatic rings. The number of hydrogen-bond donors (Lipinski definition) is 1. The number of alkyl halides is 1. The van der Waals surface area contributed by atoms with Gasteiger partial charge in [0.05, 0.1) is 5.56 Å². The largest absolute Gasteiger partial charge is 0.322 e. The second kappa shape index (κ2) is 5.93. The first kappa shape index (κ1) is 13.7. The first-order chi connectivity index (χ1) is 9.11. The predicted molar refractivity (Wildman–Crippen MR) is 73.4 cm³/mol. The fraction of sp³-hybridized carbons (Fsp3) is 0.0714. The van der Waals surface area contributed by atoms with Crippen LogP contribution in [0, 0.1) is 11.6 Å². The molecule has 0 unspecified atom stereocenters. The molecular weight excluding hydrogens is 316 g/mol. The molecule has 0 atom stereocenters. The molecule has 0 fully saturated rings. The molecular formula is C14H10BrF2NO. The second-order valence-electron chi connectivity index (χ2n) is 3.87. The third kappa shape index (κ3) is 3.17. The fourth-order valence-corrected chi connectivity index (χ4v) is 2.11. The van der Waals surface area contributed by atoms with Crippen LogP contribution in [0.4, 0.5) is 14.5 Å². The second-order valence-corrected chi connectivity index (χ2v) is 4.43. The van der Waals surface area contributed by atoms with E-state index in [1.54, 1.807) is 12.1 Å². The maximum atomic E-state index is 13.5. The lowest BCUT2D eigenvalue weighted by Gasteiger charge is -2.09. The minimum atomic E-state index is -0.754. The Morgan fingerprint density at radius 2 is 1.89 bits per heavy atom. The lowest BCUT2D eigenvalue weighted by Crippen LogP contribution is -2.15. The van der Waals surface area contributed by atoms with E-state index in [-0.39, 0.29) is 5.56 Å². The predicted octanol–water partition coefficient (Wildman–Crippen LogP) is 4.11. The molecule has 1 amide bonds. The smallest absolute Gasteiger partial charge is 0.258 e. The summed E-state index contributed by atoms with van der Waals surface area (Å²) in [5.74, 6) is -2.08. The lowest BCUT2D eigenvalue weighted by atomic mass is 10.1. The van der Waals surface area contributed by atoms with Crippen LogP contribution in [0.2, 0.25) is 0 Å². The summed E-state index contributed by atoms with van der Waals surface area (Å²) in [5.41, 5.74) is 1.10. The monoisotopic (exact) mass is 325 g/mol. The molecule has 0 aliphatic rings. The Hall–Kier alpha value is -1.75. The van der Waals surface area contributed by atoms with Crippen molar-refractivity contribution in [1.82, 2.24) is 0 Å². The average molecular weight is 326 g/mol. The molecule has 0 aliphatic carbocycles. The zero-order valence-corrected chi connectivity index (χ0v) is 11.4. The van der Waals surface area contributed by atoms with Gasteiger partial charge in [0, 0.05) is 11.0 Å². The molecule has 0 bridgehead atoms. The zero-order valence-electron chi connectivity index (χ0n) is 9.79. The Bertz CT molecular complexity index is 616. The highest BCUT2D eigenvalue weighted by atomic mass is 79.9. The van der Waals surface area contributed by atoms with Crippen LogP contribution in [0.1, 0.15) is 15.9 Å². The highest BCUT2D eigenvalue weighted by Crippen LogP contribution is 2.19. The number of hydrogen-bond acceptors (Lipinski definition) is 1. The lowest BCUT2D eigenvalue weighted by molar-refractivity contribution is 0.102. The molecule has 98 valence electrons. The summed E-state index contributed by atoms with van der Waals surface area (Å²) in [6.45, 7) is 0. The normalized spacial score (nSPS) is 10.3. The van der Waals surface area contributed by atoms with E-state index in [0.717, 1.165) is 23.8 Å². The Morgan fingerprint density at radius 1 is 1.16 bits per heavy atom. The van der Waals surface area contributed by atoms with Gasteiger partial charge in [0.15, 0.2) is 0 Å². The van der Waals surface area contributed by atoms with Gasteiger partial charge in [-0.25, -0.2) is 8.78 Å². The van der Waals surface area contributed by atoms with Crippen LogP contribution >= 0.6 is 15.9 Å². The van der Waals surface area contributed by atoms with Crippen LogP contribution in [0.25, 0.3) is 0 Å². The van der Waals surface area contributed by atoms with E-state index in [1.165, 1.54) is 0 Å². The number of carbonyl (C=O) groups excluding carboxylic acids is 1. The van der Waals surface area contributed by atoms with Crippen molar-refractivity contribution in [3.8, 4) is 0 Å². The number of carbonyl (C=O) groups is 1. The molecule has 2 aromatic carbocycles. The summed E-state index contributed by atoms with van der Waals surface area (Å²) in [7, 11) is 0. The minimum absolute atomic E-state index is 0.315. The number of rotatable bonds is 3. The SMILES string of the molecule is O=C(Nc1ccccc1CBr)c1cc(F)ccc1F. The van der Waals surface area contributed by atoms with Crippen molar-refractivity contribution in [2.75, 3.05) is 5.32 Å². The van der Waals surface area contributed by atoms with Crippen LogP contribution in [0.3, 0.4) is 0 Å². The van der Waals surface area contributed by atoms with Crippen molar-refractivity contribution in [3.05, 3.63) is 65.2 Å². The molecule has 0 heterocycles. The van der Waals surface area contributed by atoms with Crippen LogP contribution in [0.5, 0.6) is 0 Å². The highest BCUT2D eigenvalue weighted by molar-refractivity contribution is 9.08. The van der Waals surface area contributed by atoms with Crippen LogP contribution < -0.4 is 5.32 Å². The topological polar surface area (TPSA) is 29.1 Å². The molecule has 0 saturated carbocycles. The molecule has 19 heavy (non-hydrogen) atoms. The van der Waals surface area contributed by atoms with Crippen LogP contribution in [0.15, 0.2) is 42.5 Å². The van der Waals surface area contributed by atoms with Gasteiger partial charge in [0.1, 0.15) is 11.6 Å². The fourth-order valence-electron chi connectivity index (χ4n) is 1.62. The molecule has 5 heteroatoms. The molecule has 0 aliphatic heterocycles. The summed E-state index contributed by atoms with van der Waals surface area (Å²) < 4.78 is 26.5. The molecule has 0 radical (unpaired) electrons. The highest BCUT2D eigenvalue weighted by Gasteiger charge is 2.14. The number of halogens is 3. The van der Waals surface area contributed by atoms with Crippen molar-refractivity contribution in [1.29, 1.82) is 0 Å². The Labute approximate surface area is 117 Å². The summed E-state index contributed by atoms with van der Waals surface area (Å²) in [4.78, 5) is 11.9. The van der Waals surface area contributed by atoms with Crippen molar-refractivity contribution in [2.24, 2.45) is 0 Å². The maximum Gasteiger partial charge on any atom is 0.258 e. The maximum absolute atomic E-state index is 13.5. The summed E-state index contributed by atoms with van der Waals surface area (Å²) in [6.07, 6.45) is 0. The average Bonchev–Trinajstić information content (AvgIpc) is 2.42. The summed E-state index contributed by atoms with van der Waals surface area (Å²) in [6, 6.07) is 9.89. The van der Waals surface area contributed by atoms with E-state index < -0.39 is 17.5 Å². The zero-order chi connectivity index (χ0) is 13.8. The molecule has 2 rings (SSSR count). The number of para-hydroxylation sites is 1. The van der Waals surface area contributed by atoms with Gasteiger partial charge in [-0.2, -0.15) is 0 Å². The van der Waals surface area contributed by atoms with E-state index in [4.69, 9.17) is 0 Å². The Balaban J connectivity index is 2.28. The van der Waals surface area contributed by atoms with Crippen molar-refractivity contribution in [2.45, 2.75) is 5.33 Å². The van der Waals surface area contributed by atoms with E-state index in [9.17, 15) is 13.6 Å². The van der Waals surface area contributed by atoms with E-state index in [1.807, 2.05) is 12.1 Å². The Morgan fingerprint density at radius 3 is 2.63 bits per heavy atom.